The van der Waals surface area contributed by atoms with E-state index < -0.39 is 9.84 Å². The van der Waals surface area contributed by atoms with E-state index >= 15 is 0 Å². The first-order valence-electron chi connectivity index (χ1n) is 7.22. The van der Waals surface area contributed by atoms with Crippen molar-refractivity contribution in [3.8, 4) is 0 Å². The number of carbonyl (C=O) groups is 1. The van der Waals surface area contributed by atoms with Crippen LogP contribution in [-0.4, -0.2) is 82.1 Å². The van der Waals surface area contributed by atoms with Gasteiger partial charge in [-0.25, -0.2) is 8.42 Å². The van der Waals surface area contributed by atoms with E-state index in [0.717, 1.165) is 32.6 Å². The van der Waals surface area contributed by atoms with Crippen LogP contribution < -0.4 is 0 Å². The summed E-state index contributed by atoms with van der Waals surface area (Å²) >= 11 is 0. The van der Waals surface area contributed by atoms with Gasteiger partial charge in [-0.2, -0.15) is 0 Å². The normalized spacial score (nSPS) is 27.4. The van der Waals surface area contributed by atoms with E-state index in [1.807, 2.05) is 4.90 Å². The van der Waals surface area contributed by atoms with Crippen LogP contribution in [0.5, 0.6) is 0 Å². The molecule has 0 bridgehead atoms. The lowest BCUT2D eigenvalue weighted by atomic mass is 10.1. The van der Waals surface area contributed by atoms with Gasteiger partial charge < -0.3 is 9.64 Å². The predicted octanol–water partition coefficient (Wildman–Crippen LogP) is -0.398. The molecule has 20 heavy (non-hydrogen) atoms. The summed E-state index contributed by atoms with van der Waals surface area (Å²) in [4.78, 5) is 16.5. The number of ether oxygens (including phenoxy) is 1. The zero-order chi connectivity index (χ0) is 14.6. The lowest BCUT2D eigenvalue weighted by Crippen LogP contribution is -2.39. The molecule has 1 unspecified atom stereocenters. The van der Waals surface area contributed by atoms with Crippen molar-refractivity contribution in [1.29, 1.82) is 0 Å². The van der Waals surface area contributed by atoms with Crippen molar-refractivity contribution >= 4 is 15.7 Å². The van der Waals surface area contributed by atoms with Gasteiger partial charge in [-0.05, 0) is 19.4 Å². The Morgan fingerprint density at radius 2 is 2.05 bits per heavy atom. The number of methoxy groups -OCH3 is 1. The molecule has 7 heteroatoms. The largest absolute Gasteiger partial charge is 0.383 e. The summed E-state index contributed by atoms with van der Waals surface area (Å²) in [6.07, 6.45) is 1.43. The fourth-order valence-corrected chi connectivity index (χ4v) is 4.62. The van der Waals surface area contributed by atoms with E-state index in [2.05, 4.69) is 4.90 Å². The van der Waals surface area contributed by atoms with Crippen LogP contribution in [0.3, 0.4) is 0 Å². The van der Waals surface area contributed by atoms with Gasteiger partial charge in [0.2, 0.25) is 5.91 Å². The Bertz CT molecular complexity index is 438. The molecule has 116 valence electrons. The monoisotopic (exact) mass is 304 g/mol. The Morgan fingerprint density at radius 1 is 1.25 bits per heavy atom. The molecule has 0 N–H and O–H groups in total. The van der Waals surface area contributed by atoms with E-state index in [-0.39, 0.29) is 23.3 Å². The highest BCUT2D eigenvalue weighted by atomic mass is 32.2. The van der Waals surface area contributed by atoms with E-state index in [0.29, 0.717) is 19.6 Å². The number of nitrogens with zero attached hydrogens (tertiary/aromatic N) is 2. The molecule has 1 amide bonds. The molecule has 2 aliphatic heterocycles. The highest BCUT2D eigenvalue weighted by Crippen LogP contribution is 2.21. The van der Waals surface area contributed by atoms with Crippen molar-refractivity contribution in [2.75, 3.05) is 57.9 Å². The molecule has 0 saturated carbocycles. The van der Waals surface area contributed by atoms with Gasteiger partial charge in [-0.3, -0.25) is 9.69 Å². The van der Waals surface area contributed by atoms with Crippen molar-refractivity contribution in [3.63, 3.8) is 0 Å². The molecule has 2 saturated heterocycles. The van der Waals surface area contributed by atoms with Gasteiger partial charge in [0.15, 0.2) is 9.84 Å². The molecule has 0 aliphatic carbocycles. The van der Waals surface area contributed by atoms with Gasteiger partial charge in [0.1, 0.15) is 0 Å². The SMILES string of the molecule is COCCN1CCCN(C(=O)C2CCS(=O)(=O)C2)CC1. The number of hydrogen-bond acceptors (Lipinski definition) is 5. The Kier molecular flexibility index (Phi) is 5.40. The molecule has 0 aromatic heterocycles. The number of rotatable bonds is 4. The standard InChI is InChI=1S/C13H24N2O4S/c1-19-9-8-14-4-2-5-15(7-6-14)13(16)12-3-10-20(17,18)11-12/h12H,2-11H2,1H3. The summed E-state index contributed by atoms with van der Waals surface area (Å²) in [6, 6.07) is 0. The highest BCUT2D eigenvalue weighted by molar-refractivity contribution is 7.91. The van der Waals surface area contributed by atoms with Crippen molar-refractivity contribution in [2.24, 2.45) is 5.92 Å². The van der Waals surface area contributed by atoms with Crippen LogP contribution in [-0.2, 0) is 19.4 Å². The Balaban J connectivity index is 1.85. The molecule has 6 nitrogen and oxygen atoms in total. The Hall–Kier alpha value is -0.660. The third kappa shape index (κ3) is 4.17. The Morgan fingerprint density at radius 3 is 2.70 bits per heavy atom. The van der Waals surface area contributed by atoms with Gasteiger partial charge >= 0.3 is 0 Å². The molecule has 0 radical (unpaired) electrons. The van der Waals surface area contributed by atoms with Crippen LogP contribution >= 0.6 is 0 Å². The fraction of sp³-hybridized carbons (Fsp3) is 0.923. The molecular weight excluding hydrogens is 280 g/mol. The third-order valence-corrected chi connectivity index (χ3v) is 5.86. The average molecular weight is 304 g/mol. The lowest BCUT2D eigenvalue weighted by Gasteiger charge is -2.24. The second-order valence-corrected chi connectivity index (χ2v) is 7.84. The first-order valence-corrected chi connectivity index (χ1v) is 9.04. The second-order valence-electron chi connectivity index (χ2n) is 5.61. The zero-order valence-electron chi connectivity index (χ0n) is 12.1. The summed E-state index contributed by atoms with van der Waals surface area (Å²) in [7, 11) is -1.30. The maximum atomic E-state index is 12.4. The fourth-order valence-electron chi connectivity index (χ4n) is 2.88. The minimum Gasteiger partial charge on any atom is -0.383 e. The molecule has 1 atom stereocenters. The maximum absolute atomic E-state index is 12.4. The van der Waals surface area contributed by atoms with Gasteiger partial charge in [0.25, 0.3) is 0 Å². The molecule has 2 fully saturated rings. The van der Waals surface area contributed by atoms with Crippen molar-refractivity contribution in [3.05, 3.63) is 0 Å². The second kappa shape index (κ2) is 6.87. The number of amides is 1. The Labute approximate surface area is 121 Å². The van der Waals surface area contributed by atoms with E-state index in [1.165, 1.54) is 0 Å². The van der Waals surface area contributed by atoms with E-state index in [1.54, 1.807) is 7.11 Å². The molecule has 0 spiro atoms. The molecule has 0 aromatic carbocycles. The lowest BCUT2D eigenvalue weighted by molar-refractivity contribution is -0.134. The smallest absolute Gasteiger partial charge is 0.226 e. The van der Waals surface area contributed by atoms with Crippen molar-refractivity contribution < 1.29 is 17.9 Å². The van der Waals surface area contributed by atoms with Crippen LogP contribution in [0.4, 0.5) is 0 Å². The molecule has 2 aliphatic rings. The minimum atomic E-state index is -2.99. The number of carbonyl (C=O) groups excluding carboxylic acids is 1. The molecular formula is C13H24N2O4S. The van der Waals surface area contributed by atoms with Gasteiger partial charge in [0.05, 0.1) is 24.0 Å². The molecule has 2 rings (SSSR count). The van der Waals surface area contributed by atoms with E-state index in [9.17, 15) is 13.2 Å². The minimum absolute atomic E-state index is 0.0275. The number of hydrogen-bond donors (Lipinski definition) is 0. The summed E-state index contributed by atoms with van der Waals surface area (Å²) in [5.41, 5.74) is 0. The van der Waals surface area contributed by atoms with Gasteiger partial charge in [-0.1, -0.05) is 0 Å². The topological polar surface area (TPSA) is 66.9 Å². The summed E-state index contributed by atoms with van der Waals surface area (Å²) < 4.78 is 28.0. The van der Waals surface area contributed by atoms with Crippen LogP contribution in [0.1, 0.15) is 12.8 Å². The van der Waals surface area contributed by atoms with Gasteiger partial charge in [-0.15, -0.1) is 0 Å². The summed E-state index contributed by atoms with van der Waals surface area (Å²) in [5.74, 6) is -0.0855. The van der Waals surface area contributed by atoms with Crippen LogP contribution in [0.15, 0.2) is 0 Å². The maximum Gasteiger partial charge on any atom is 0.226 e. The summed E-state index contributed by atoms with van der Waals surface area (Å²) in [5, 5.41) is 0. The highest BCUT2D eigenvalue weighted by Gasteiger charge is 2.35. The van der Waals surface area contributed by atoms with Crippen LogP contribution in [0, 0.1) is 5.92 Å². The van der Waals surface area contributed by atoms with E-state index in [4.69, 9.17) is 4.74 Å². The first-order chi connectivity index (χ1) is 9.52. The molecule has 2 heterocycles. The third-order valence-electron chi connectivity index (χ3n) is 4.09. The first kappa shape index (κ1) is 15.7. The average Bonchev–Trinajstić information content (AvgIpc) is 2.64. The van der Waals surface area contributed by atoms with Crippen LogP contribution in [0.2, 0.25) is 0 Å². The van der Waals surface area contributed by atoms with Crippen molar-refractivity contribution in [1.82, 2.24) is 9.80 Å². The number of sulfone groups is 1. The molecule has 0 aromatic rings. The summed E-state index contributed by atoms with van der Waals surface area (Å²) in [6.45, 7) is 4.83. The van der Waals surface area contributed by atoms with Crippen LogP contribution in [0.25, 0.3) is 0 Å². The predicted molar refractivity (Wildman–Crippen MR) is 76.3 cm³/mol. The zero-order valence-corrected chi connectivity index (χ0v) is 12.9. The quantitative estimate of drug-likeness (QED) is 0.707. The van der Waals surface area contributed by atoms with Crippen molar-refractivity contribution in [2.45, 2.75) is 12.8 Å². The van der Waals surface area contributed by atoms with Gasteiger partial charge in [0, 0.05) is 33.3 Å².